The molecule has 4 aliphatic heterocycles. The summed E-state index contributed by atoms with van der Waals surface area (Å²) in [6.07, 6.45) is 6.83. The van der Waals surface area contributed by atoms with Crippen LogP contribution in [-0.4, -0.2) is 123 Å². The lowest BCUT2D eigenvalue weighted by atomic mass is 9.81. The summed E-state index contributed by atoms with van der Waals surface area (Å²) >= 11 is 0. The zero-order valence-electron chi connectivity index (χ0n) is 46.0. The van der Waals surface area contributed by atoms with Crippen LogP contribution in [0.25, 0.3) is 0 Å². The number of likely N-dealkylation sites (N-methyl/N-ethyl adjacent to an activating group) is 1. The van der Waals surface area contributed by atoms with Gasteiger partial charge in [-0.25, -0.2) is 4.79 Å². The summed E-state index contributed by atoms with van der Waals surface area (Å²) in [4.78, 5) is 124. The van der Waals surface area contributed by atoms with Crippen molar-refractivity contribution in [2.75, 3.05) is 7.05 Å². The number of fused-ring (bicyclic) bond motifs is 4. The molecule has 75 heavy (non-hydrogen) atoms. The molecule has 7 amide bonds. The predicted octanol–water partition coefficient (Wildman–Crippen LogP) is 6.35. The van der Waals surface area contributed by atoms with Crippen LogP contribution in [0.1, 0.15) is 174 Å². The Morgan fingerprint density at radius 1 is 0.640 bits per heavy atom. The maximum atomic E-state index is 14.0. The fourth-order valence-electron chi connectivity index (χ4n) is 12.4. The molecular formula is C58H81N7O10. The average Bonchev–Trinajstić information content (AvgIpc) is 3.69. The van der Waals surface area contributed by atoms with Gasteiger partial charge >= 0.3 is 6.09 Å². The summed E-state index contributed by atoms with van der Waals surface area (Å²) in [6.45, 7) is 18.3. The molecule has 4 heterocycles. The molecule has 0 bridgehead atoms. The van der Waals surface area contributed by atoms with E-state index in [1.807, 2.05) is 65.0 Å². The summed E-state index contributed by atoms with van der Waals surface area (Å²) in [5, 5.41) is 12.0. The maximum absolute atomic E-state index is 14.0. The number of amides is 7. The van der Waals surface area contributed by atoms with Crippen LogP contribution in [0.3, 0.4) is 0 Å². The first-order chi connectivity index (χ1) is 35.2. The normalized spacial score (nSPS) is 27.5. The van der Waals surface area contributed by atoms with E-state index < -0.39 is 70.6 Å². The van der Waals surface area contributed by atoms with E-state index in [-0.39, 0.29) is 84.9 Å². The lowest BCUT2D eigenvalue weighted by Crippen LogP contribution is -2.58. The van der Waals surface area contributed by atoms with Crippen LogP contribution in [0.5, 0.6) is 0 Å². The van der Waals surface area contributed by atoms with E-state index in [4.69, 9.17) is 4.74 Å². The number of rotatable bonds is 10. The molecule has 0 saturated carbocycles. The standard InChI is InChI=1S/C31H44N4O6.C27H37N3O4/c1-18(34(7)29(40)41-30(2,3)4)26(37)33-24-16-21(36)15-20-17-31(5,6)25(35(20)28(24)39)27(38)32-23-14-10-12-19-11-8-9-13-22(19)23;1-5-16(2)24(32)29-22-14-19(31)13-18-15-27(3,4)23(30(18)26(22)34)25(33)28-21-12-8-10-17-9-6-7-11-20(17)21/h8-9,11,13,18,20,23-25H,10,12,14-17H2,1-7H3,(H,32,38)(H,33,37);6-7,9,11,16,18,21-23H,5,8,10,12-15H2,1-4H3,(H,28,33)(H,29,32)/t18-,20-,23+,24-,25?;16-,18+,21-,22+,23?/m01/s1. The molecule has 0 spiro atoms. The smallest absolute Gasteiger partial charge is 0.410 e. The van der Waals surface area contributed by atoms with Crippen LogP contribution in [-0.2, 0) is 55.9 Å². The minimum absolute atomic E-state index is 0.0151. The molecule has 0 radical (unpaired) electrons. The number of aryl methyl sites for hydroxylation is 2. The highest BCUT2D eigenvalue weighted by Crippen LogP contribution is 2.46. The van der Waals surface area contributed by atoms with Crippen molar-refractivity contribution in [3.8, 4) is 0 Å². The number of carbonyl (C=O) groups excluding carboxylic acids is 9. The molecule has 4 saturated heterocycles. The average molecular weight is 1040 g/mol. The van der Waals surface area contributed by atoms with E-state index in [2.05, 4.69) is 39.5 Å². The first-order valence-electron chi connectivity index (χ1n) is 27.2. The maximum Gasteiger partial charge on any atom is 0.410 e. The second-order valence-electron chi connectivity index (χ2n) is 24.4. The third-order valence-corrected chi connectivity index (χ3v) is 16.4. The van der Waals surface area contributed by atoms with Gasteiger partial charge in [-0.1, -0.05) is 90.1 Å². The molecule has 0 aromatic heterocycles. The Kier molecular flexibility index (Phi) is 17.1. The van der Waals surface area contributed by atoms with E-state index in [0.29, 0.717) is 19.3 Å². The first-order valence-corrected chi connectivity index (χ1v) is 27.2. The highest BCUT2D eigenvalue weighted by atomic mass is 16.6. The fraction of sp³-hybridized carbons (Fsp3) is 0.638. The number of Topliss-reactive ketones (excluding diaryl/α,β-unsaturated/α-hetero) is 2. The van der Waals surface area contributed by atoms with Gasteiger partial charge in [-0.05, 0) is 119 Å². The minimum atomic E-state index is -1.13. The number of hydrogen-bond donors (Lipinski definition) is 4. The lowest BCUT2D eigenvalue weighted by Gasteiger charge is -2.36. The molecule has 17 nitrogen and oxygen atoms in total. The molecule has 17 heteroatoms. The van der Waals surface area contributed by atoms with Crippen molar-refractivity contribution in [2.45, 2.75) is 213 Å². The number of ether oxygens (including phenoxy) is 1. The molecule has 2 aliphatic carbocycles. The summed E-state index contributed by atoms with van der Waals surface area (Å²) in [5.41, 5.74) is 2.92. The third-order valence-electron chi connectivity index (χ3n) is 16.4. The van der Waals surface area contributed by atoms with Crippen LogP contribution in [0.2, 0.25) is 0 Å². The van der Waals surface area contributed by atoms with Gasteiger partial charge in [0.1, 0.15) is 47.4 Å². The zero-order chi connectivity index (χ0) is 54.9. The first kappa shape index (κ1) is 56.6. The molecule has 8 rings (SSSR count). The minimum Gasteiger partial charge on any atom is -0.444 e. The Labute approximate surface area is 442 Å². The third kappa shape index (κ3) is 12.6. The Bertz CT molecular complexity index is 2550. The van der Waals surface area contributed by atoms with Crippen molar-refractivity contribution < 1.29 is 47.9 Å². The van der Waals surface area contributed by atoms with Crippen LogP contribution in [0.4, 0.5) is 4.79 Å². The topological polar surface area (TPSA) is 221 Å². The van der Waals surface area contributed by atoms with Crippen molar-refractivity contribution in [1.29, 1.82) is 0 Å². The number of ketones is 2. The largest absolute Gasteiger partial charge is 0.444 e. The van der Waals surface area contributed by atoms with Gasteiger partial charge in [0.15, 0.2) is 0 Å². The molecule has 408 valence electrons. The Morgan fingerprint density at radius 2 is 1.05 bits per heavy atom. The Morgan fingerprint density at radius 3 is 1.47 bits per heavy atom. The highest BCUT2D eigenvalue weighted by molar-refractivity contribution is 6.00. The van der Waals surface area contributed by atoms with Gasteiger partial charge in [0.05, 0.1) is 12.1 Å². The van der Waals surface area contributed by atoms with Gasteiger partial charge in [-0.3, -0.25) is 43.3 Å². The molecule has 4 N–H and O–H groups in total. The van der Waals surface area contributed by atoms with Crippen LogP contribution >= 0.6 is 0 Å². The molecule has 4 fully saturated rings. The molecule has 10 atom stereocenters. The van der Waals surface area contributed by atoms with Crippen LogP contribution in [0, 0.1) is 16.7 Å². The Hall–Kier alpha value is -6.13. The van der Waals surface area contributed by atoms with Crippen molar-refractivity contribution in [2.24, 2.45) is 16.7 Å². The number of hydrogen-bond acceptors (Lipinski definition) is 10. The fourth-order valence-corrected chi connectivity index (χ4v) is 12.4. The summed E-state index contributed by atoms with van der Waals surface area (Å²) in [5.74, 6) is -2.45. The van der Waals surface area contributed by atoms with Gasteiger partial charge in [-0.15, -0.1) is 0 Å². The second kappa shape index (κ2) is 22.6. The molecule has 2 aromatic rings. The van der Waals surface area contributed by atoms with Crippen LogP contribution in [0.15, 0.2) is 48.5 Å². The SMILES string of the molecule is CC[C@@H](C)C(=O)N[C@H]1CC(=O)C[C@H]2CC(C)(C)C(C(=O)N[C@@H]3CCCc4ccccc43)N2C1=O.C[C@@H](C(=O)N[C@H]1CC(=O)C[C@H]2CC(C)(C)C(C(=O)N[C@@H]3CCCc4ccccc43)N2C1=O)N(C)C(=O)OC(C)(C)C. The quantitative estimate of drug-likeness (QED) is 0.207. The van der Waals surface area contributed by atoms with E-state index in [1.54, 1.807) is 37.5 Å². The monoisotopic (exact) mass is 1040 g/mol. The summed E-state index contributed by atoms with van der Waals surface area (Å²) in [6, 6.07) is 10.8. The summed E-state index contributed by atoms with van der Waals surface area (Å²) < 4.78 is 5.36. The molecule has 2 aromatic carbocycles. The van der Waals surface area contributed by atoms with Crippen molar-refractivity contribution in [3.05, 3.63) is 70.8 Å². The van der Waals surface area contributed by atoms with Crippen molar-refractivity contribution in [1.82, 2.24) is 36.0 Å². The second-order valence-corrected chi connectivity index (χ2v) is 24.4. The molecular weight excluding hydrogens is 955 g/mol. The van der Waals surface area contributed by atoms with E-state index in [9.17, 15) is 43.2 Å². The van der Waals surface area contributed by atoms with E-state index >= 15 is 0 Å². The van der Waals surface area contributed by atoms with Gasteiger partial charge in [0.2, 0.25) is 35.4 Å². The molecule has 6 aliphatic rings. The van der Waals surface area contributed by atoms with E-state index in [1.165, 1.54) is 25.1 Å². The number of nitrogens with one attached hydrogen (secondary N) is 4. The van der Waals surface area contributed by atoms with E-state index in [0.717, 1.165) is 54.6 Å². The number of carbonyl (C=O) groups is 9. The van der Waals surface area contributed by atoms with Gasteiger partial charge < -0.3 is 35.8 Å². The van der Waals surface area contributed by atoms with Crippen LogP contribution < -0.4 is 21.3 Å². The predicted molar refractivity (Wildman–Crippen MR) is 281 cm³/mol. The highest BCUT2D eigenvalue weighted by Gasteiger charge is 2.57. The van der Waals surface area contributed by atoms with Gasteiger partial charge in [0, 0.05) is 50.7 Å². The lowest BCUT2D eigenvalue weighted by molar-refractivity contribution is -0.145. The summed E-state index contributed by atoms with van der Waals surface area (Å²) in [7, 11) is 1.45. The zero-order valence-corrected chi connectivity index (χ0v) is 46.0. The Balaban J connectivity index is 0.000000222. The van der Waals surface area contributed by atoms with Crippen molar-refractivity contribution >= 4 is 53.1 Å². The number of benzene rings is 2. The van der Waals surface area contributed by atoms with Gasteiger partial charge in [-0.2, -0.15) is 0 Å². The van der Waals surface area contributed by atoms with Crippen molar-refractivity contribution in [3.63, 3.8) is 0 Å². The van der Waals surface area contributed by atoms with Gasteiger partial charge in [0.25, 0.3) is 0 Å². The number of nitrogens with zero attached hydrogens (tertiary/aromatic N) is 3. The molecule has 2 unspecified atom stereocenters.